The minimum atomic E-state index is -0.780. The van der Waals surface area contributed by atoms with E-state index in [0.717, 1.165) is 0 Å². The second-order valence-corrected chi connectivity index (χ2v) is 5.75. The van der Waals surface area contributed by atoms with Gasteiger partial charge < -0.3 is 19.9 Å². The molecule has 24 heavy (non-hydrogen) atoms. The first-order valence-corrected chi connectivity index (χ1v) is 7.67. The SMILES string of the molecule is C[C@@H](C[C@@H](O)c1ccc(F)cc1)NC(=O)c1ccc2c(c1)OCO2. The lowest BCUT2D eigenvalue weighted by Crippen LogP contribution is -2.33. The molecule has 0 aliphatic carbocycles. The van der Waals surface area contributed by atoms with Crippen LogP contribution in [0.15, 0.2) is 42.5 Å². The Morgan fingerprint density at radius 2 is 1.92 bits per heavy atom. The van der Waals surface area contributed by atoms with E-state index in [2.05, 4.69) is 5.32 Å². The number of carbonyl (C=O) groups is 1. The molecule has 0 saturated heterocycles. The van der Waals surface area contributed by atoms with Crippen molar-refractivity contribution in [2.45, 2.75) is 25.5 Å². The fraction of sp³-hybridized carbons (Fsp3) is 0.278. The number of amides is 1. The number of aliphatic hydroxyl groups is 1. The first-order chi connectivity index (χ1) is 11.5. The molecule has 3 rings (SSSR count). The van der Waals surface area contributed by atoms with Gasteiger partial charge in [0.05, 0.1) is 6.10 Å². The summed E-state index contributed by atoms with van der Waals surface area (Å²) in [6.45, 7) is 1.96. The fourth-order valence-corrected chi connectivity index (χ4v) is 2.56. The first-order valence-electron chi connectivity index (χ1n) is 7.67. The zero-order valence-electron chi connectivity index (χ0n) is 13.2. The van der Waals surface area contributed by atoms with Crippen LogP contribution in [-0.4, -0.2) is 23.8 Å². The van der Waals surface area contributed by atoms with Crippen molar-refractivity contribution in [1.82, 2.24) is 5.32 Å². The quantitative estimate of drug-likeness (QED) is 0.884. The van der Waals surface area contributed by atoms with Gasteiger partial charge in [-0.25, -0.2) is 4.39 Å². The minimum absolute atomic E-state index is 0.153. The van der Waals surface area contributed by atoms with Crippen LogP contribution < -0.4 is 14.8 Å². The number of rotatable bonds is 5. The molecule has 1 aliphatic heterocycles. The third-order valence-electron chi connectivity index (χ3n) is 3.84. The number of nitrogens with one attached hydrogen (secondary N) is 1. The third-order valence-corrected chi connectivity index (χ3v) is 3.84. The van der Waals surface area contributed by atoms with Gasteiger partial charge in [-0.3, -0.25) is 4.79 Å². The Morgan fingerprint density at radius 1 is 1.21 bits per heavy atom. The average Bonchev–Trinajstić information content (AvgIpc) is 3.02. The van der Waals surface area contributed by atoms with Crippen LogP contribution in [0.2, 0.25) is 0 Å². The van der Waals surface area contributed by atoms with E-state index in [-0.39, 0.29) is 24.6 Å². The number of fused-ring (bicyclic) bond motifs is 1. The van der Waals surface area contributed by atoms with Gasteiger partial charge in [0.15, 0.2) is 11.5 Å². The zero-order valence-corrected chi connectivity index (χ0v) is 13.2. The van der Waals surface area contributed by atoms with Gasteiger partial charge in [0.1, 0.15) is 5.82 Å². The summed E-state index contributed by atoms with van der Waals surface area (Å²) in [6, 6.07) is 10.4. The van der Waals surface area contributed by atoms with E-state index in [1.54, 1.807) is 25.1 Å². The summed E-state index contributed by atoms with van der Waals surface area (Å²) in [5, 5.41) is 13.0. The topological polar surface area (TPSA) is 67.8 Å². The number of benzene rings is 2. The highest BCUT2D eigenvalue weighted by atomic mass is 19.1. The van der Waals surface area contributed by atoms with E-state index >= 15 is 0 Å². The van der Waals surface area contributed by atoms with Crippen molar-refractivity contribution in [3.8, 4) is 11.5 Å². The Hall–Kier alpha value is -2.60. The van der Waals surface area contributed by atoms with Crippen LogP contribution in [0.5, 0.6) is 11.5 Å². The number of hydrogen-bond acceptors (Lipinski definition) is 4. The molecular weight excluding hydrogens is 313 g/mol. The number of ether oxygens (including phenoxy) is 2. The van der Waals surface area contributed by atoms with Gasteiger partial charge in [0.2, 0.25) is 6.79 Å². The molecule has 6 heteroatoms. The highest BCUT2D eigenvalue weighted by Gasteiger charge is 2.19. The van der Waals surface area contributed by atoms with Gasteiger partial charge in [-0.05, 0) is 49.2 Å². The van der Waals surface area contributed by atoms with Gasteiger partial charge in [-0.1, -0.05) is 12.1 Å². The van der Waals surface area contributed by atoms with Gasteiger partial charge in [-0.2, -0.15) is 0 Å². The van der Waals surface area contributed by atoms with Crippen molar-refractivity contribution in [1.29, 1.82) is 0 Å². The molecular formula is C18H18FNO4. The molecule has 0 saturated carbocycles. The summed E-state index contributed by atoms with van der Waals surface area (Å²) in [4.78, 5) is 12.3. The van der Waals surface area contributed by atoms with E-state index in [1.165, 1.54) is 24.3 Å². The maximum atomic E-state index is 12.9. The summed E-state index contributed by atoms with van der Waals surface area (Å²) >= 11 is 0. The van der Waals surface area contributed by atoms with Crippen LogP contribution in [0.4, 0.5) is 4.39 Å². The monoisotopic (exact) mass is 331 g/mol. The van der Waals surface area contributed by atoms with Crippen LogP contribution in [0.25, 0.3) is 0 Å². The summed E-state index contributed by atoms with van der Waals surface area (Å²) < 4.78 is 23.4. The molecule has 2 aromatic carbocycles. The fourth-order valence-electron chi connectivity index (χ4n) is 2.56. The first kappa shape index (κ1) is 16.3. The van der Waals surface area contributed by atoms with E-state index in [0.29, 0.717) is 29.0 Å². The van der Waals surface area contributed by atoms with Crippen LogP contribution in [0.1, 0.15) is 35.4 Å². The highest BCUT2D eigenvalue weighted by Crippen LogP contribution is 2.32. The maximum absolute atomic E-state index is 12.9. The van der Waals surface area contributed by atoms with E-state index in [4.69, 9.17) is 9.47 Å². The van der Waals surface area contributed by atoms with Gasteiger partial charge in [0, 0.05) is 11.6 Å². The van der Waals surface area contributed by atoms with E-state index in [1.807, 2.05) is 0 Å². The normalized spacial score (nSPS) is 15.0. The Bertz CT molecular complexity index is 732. The molecule has 0 fully saturated rings. The smallest absolute Gasteiger partial charge is 0.251 e. The Kier molecular flexibility index (Phi) is 4.66. The second kappa shape index (κ2) is 6.88. The largest absolute Gasteiger partial charge is 0.454 e. The van der Waals surface area contributed by atoms with Crippen LogP contribution in [0.3, 0.4) is 0 Å². The molecule has 2 aromatic rings. The molecule has 0 aromatic heterocycles. The average molecular weight is 331 g/mol. The van der Waals surface area contributed by atoms with Crippen molar-refractivity contribution < 1.29 is 23.8 Å². The Morgan fingerprint density at radius 3 is 2.67 bits per heavy atom. The highest BCUT2D eigenvalue weighted by molar-refractivity contribution is 5.95. The Labute approximate surface area is 139 Å². The molecule has 1 heterocycles. The molecule has 2 atom stereocenters. The lowest BCUT2D eigenvalue weighted by atomic mass is 10.0. The molecule has 0 spiro atoms. The minimum Gasteiger partial charge on any atom is -0.454 e. The molecule has 2 N–H and O–H groups in total. The number of hydrogen-bond donors (Lipinski definition) is 2. The molecule has 0 unspecified atom stereocenters. The molecule has 126 valence electrons. The van der Waals surface area contributed by atoms with E-state index < -0.39 is 6.10 Å². The van der Waals surface area contributed by atoms with Gasteiger partial charge >= 0.3 is 0 Å². The summed E-state index contributed by atoms with van der Waals surface area (Å²) in [5.74, 6) is 0.551. The molecule has 0 radical (unpaired) electrons. The number of halogens is 1. The lowest BCUT2D eigenvalue weighted by molar-refractivity contribution is 0.0916. The van der Waals surface area contributed by atoms with Gasteiger partial charge in [0.25, 0.3) is 5.91 Å². The summed E-state index contributed by atoms with van der Waals surface area (Å²) in [6.07, 6.45) is -0.459. The van der Waals surface area contributed by atoms with Gasteiger partial charge in [-0.15, -0.1) is 0 Å². The zero-order chi connectivity index (χ0) is 17.1. The molecule has 1 aliphatic rings. The predicted octanol–water partition coefficient (Wildman–Crippen LogP) is 2.80. The van der Waals surface area contributed by atoms with E-state index in [9.17, 15) is 14.3 Å². The second-order valence-electron chi connectivity index (χ2n) is 5.75. The maximum Gasteiger partial charge on any atom is 0.251 e. The summed E-state index contributed by atoms with van der Waals surface area (Å²) in [7, 11) is 0. The standard InChI is InChI=1S/C18H18FNO4/c1-11(8-15(21)12-2-5-14(19)6-3-12)20-18(22)13-4-7-16-17(9-13)24-10-23-16/h2-7,9,11,15,21H,8,10H2,1H3,(H,20,22)/t11-,15+/m0/s1. The predicted molar refractivity (Wildman–Crippen MR) is 85.5 cm³/mol. The van der Waals surface area contributed by atoms with Crippen molar-refractivity contribution in [2.24, 2.45) is 0 Å². The van der Waals surface area contributed by atoms with Crippen molar-refractivity contribution in [2.75, 3.05) is 6.79 Å². The summed E-state index contributed by atoms with van der Waals surface area (Å²) in [5.41, 5.74) is 1.07. The van der Waals surface area contributed by atoms with Crippen molar-refractivity contribution in [3.63, 3.8) is 0 Å². The molecule has 1 amide bonds. The third kappa shape index (κ3) is 3.65. The van der Waals surface area contributed by atoms with Crippen molar-refractivity contribution in [3.05, 3.63) is 59.4 Å². The number of aliphatic hydroxyl groups excluding tert-OH is 1. The lowest BCUT2D eigenvalue weighted by Gasteiger charge is -2.18. The molecule has 0 bridgehead atoms. The Balaban J connectivity index is 1.58. The molecule has 5 nitrogen and oxygen atoms in total. The van der Waals surface area contributed by atoms with Crippen LogP contribution >= 0.6 is 0 Å². The van der Waals surface area contributed by atoms with Crippen LogP contribution in [-0.2, 0) is 0 Å². The van der Waals surface area contributed by atoms with Crippen molar-refractivity contribution >= 4 is 5.91 Å². The number of carbonyl (C=O) groups excluding carboxylic acids is 1. The van der Waals surface area contributed by atoms with Crippen LogP contribution in [0, 0.1) is 5.82 Å².